The number of hydrogen-bond donors (Lipinski definition) is 0. The molecule has 0 saturated carbocycles. The molecule has 4 aromatic rings. The molecule has 0 N–H and O–H groups in total. The molecule has 1 atom stereocenters. The molecular weight excluding hydrogens is 496 g/mol. The lowest BCUT2D eigenvalue weighted by Crippen LogP contribution is -2.21. The highest BCUT2D eigenvalue weighted by Crippen LogP contribution is 2.23. The molecule has 1 aliphatic carbocycles. The average Bonchev–Trinajstić information content (AvgIpc) is 3.03. The zero-order chi connectivity index (χ0) is 28.3. The Labute approximate surface area is 246 Å². The van der Waals surface area contributed by atoms with Crippen LogP contribution in [0.25, 0.3) is 12.2 Å². The van der Waals surface area contributed by atoms with Crippen LogP contribution in [0, 0.1) is 5.92 Å². The van der Waals surface area contributed by atoms with Crippen molar-refractivity contribution in [2.24, 2.45) is 5.92 Å². The Kier molecular flexibility index (Phi) is 9.68. The number of benzene rings is 4. The highest BCUT2D eigenvalue weighted by molar-refractivity contribution is 5.60. The maximum absolute atomic E-state index is 2.41. The summed E-state index contributed by atoms with van der Waals surface area (Å²) >= 11 is 0. The van der Waals surface area contributed by atoms with Crippen molar-refractivity contribution in [2.45, 2.75) is 26.4 Å². The van der Waals surface area contributed by atoms with E-state index in [0.29, 0.717) is 5.92 Å². The van der Waals surface area contributed by atoms with Crippen LogP contribution in [-0.4, -0.2) is 13.6 Å². The van der Waals surface area contributed by atoms with E-state index >= 15 is 0 Å². The number of anilines is 2. The molecule has 2 nitrogen and oxygen atoms in total. The van der Waals surface area contributed by atoms with Gasteiger partial charge >= 0.3 is 0 Å². The van der Waals surface area contributed by atoms with Crippen LogP contribution < -0.4 is 9.80 Å². The van der Waals surface area contributed by atoms with Gasteiger partial charge in [-0.15, -0.1) is 0 Å². The quantitative estimate of drug-likeness (QED) is 0.188. The summed E-state index contributed by atoms with van der Waals surface area (Å²) in [7, 11) is 2.14. The number of nitrogens with zero attached hydrogens (tertiary/aromatic N) is 2. The van der Waals surface area contributed by atoms with Gasteiger partial charge in [-0.25, -0.2) is 0 Å². The van der Waals surface area contributed by atoms with Crippen molar-refractivity contribution < 1.29 is 0 Å². The first-order valence-electron chi connectivity index (χ1n) is 14.6. The van der Waals surface area contributed by atoms with Gasteiger partial charge in [0.25, 0.3) is 0 Å². The summed E-state index contributed by atoms with van der Waals surface area (Å²) in [6.45, 7) is 5.03. The molecule has 41 heavy (non-hydrogen) atoms. The summed E-state index contributed by atoms with van der Waals surface area (Å²) < 4.78 is 0. The zero-order valence-electron chi connectivity index (χ0n) is 24.2. The van der Waals surface area contributed by atoms with Gasteiger partial charge in [0, 0.05) is 38.1 Å². The second kappa shape index (κ2) is 14.2. The molecule has 0 heterocycles. The van der Waals surface area contributed by atoms with E-state index < -0.39 is 0 Å². The standard InChI is InChI=1S/C39H40N2/c1-3-41(31-37-13-8-5-9-14-37)39-27-23-33(24-28-39)18-20-35-16-10-15-34(29-35)19-17-32-21-25-38(26-22-32)40(2)30-36-11-6-4-7-12-36/h4-15,17-29,35H,3,16,30-31H2,1-2H3. The molecule has 5 rings (SSSR count). The Morgan fingerprint density at radius 1 is 0.659 bits per heavy atom. The molecule has 0 aliphatic heterocycles. The van der Waals surface area contributed by atoms with Gasteiger partial charge in [0.05, 0.1) is 0 Å². The van der Waals surface area contributed by atoms with E-state index in [1.807, 2.05) is 0 Å². The van der Waals surface area contributed by atoms with Gasteiger partial charge in [0.2, 0.25) is 0 Å². The summed E-state index contributed by atoms with van der Waals surface area (Å²) in [4.78, 5) is 4.69. The SMILES string of the molecule is CCN(Cc1ccccc1)c1ccc(C=CC2C=C(C=Cc3ccc(N(C)Cc4ccccc4)cc3)C=CC2)cc1. The van der Waals surface area contributed by atoms with Crippen LogP contribution in [0.2, 0.25) is 0 Å². The Balaban J connectivity index is 1.16. The van der Waals surface area contributed by atoms with Crippen molar-refractivity contribution in [3.63, 3.8) is 0 Å². The predicted molar refractivity (Wildman–Crippen MR) is 178 cm³/mol. The summed E-state index contributed by atoms with van der Waals surface area (Å²) in [5.41, 5.74) is 8.84. The monoisotopic (exact) mass is 536 g/mol. The van der Waals surface area contributed by atoms with Crippen LogP contribution in [0.5, 0.6) is 0 Å². The molecule has 0 bridgehead atoms. The minimum absolute atomic E-state index is 0.401. The van der Waals surface area contributed by atoms with Crippen LogP contribution in [0.3, 0.4) is 0 Å². The molecule has 206 valence electrons. The molecule has 0 spiro atoms. The van der Waals surface area contributed by atoms with Crippen molar-refractivity contribution in [1.82, 2.24) is 0 Å². The average molecular weight is 537 g/mol. The topological polar surface area (TPSA) is 6.48 Å². The molecule has 0 amide bonds. The van der Waals surface area contributed by atoms with E-state index in [-0.39, 0.29) is 0 Å². The molecule has 4 aromatic carbocycles. The molecular formula is C39H40N2. The second-order valence-corrected chi connectivity index (χ2v) is 10.7. The third-order valence-corrected chi connectivity index (χ3v) is 7.58. The lowest BCUT2D eigenvalue weighted by Gasteiger charge is -2.23. The first-order valence-corrected chi connectivity index (χ1v) is 14.6. The Bertz CT molecular complexity index is 1480. The van der Waals surface area contributed by atoms with Gasteiger partial charge in [-0.3, -0.25) is 0 Å². The van der Waals surface area contributed by atoms with E-state index in [0.717, 1.165) is 26.1 Å². The van der Waals surface area contributed by atoms with E-state index in [1.165, 1.54) is 39.2 Å². The van der Waals surface area contributed by atoms with Crippen LogP contribution in [-0.2, 0) is 13.1 Å². The molecule has 0 aromatic heterocycles. The highest BCUT2D eigenvalue weighted by Gasteiger charge is 2.07. The van der Waals surface area contributed by atoms with E-state index in [1.54, 1.807) is 0 Å². The van der Waals surface area contributed by atoms with Crippen LogP contribution in [0.1, 0.15) is 35.6 Å². The molecule has 0 radical (unpaired) electrons. The number of allylic oxidation sites excluding steroid dienone is 6. The molecule has 0 saturated heterocycles. The summed E-state index contributed by atoms with van der Waals surface area (Å²) in [5, 5.41) is 0. The second-order valence-electron chi connectivity index (χ2n) is 10.7. The van der Waals surface area contributed by atoms with Crippen molar-refractivity contribution >= 4 is 23.5 Å². The Morgan fingerprint density at radius 2 is 1.24 bits per heavy atom. The minimum atomic E-state index is 0.401. The lowest BCUT2D eigenvalue weighted by molar-refractivity contribution is 0.820. The van der Waals surface area contributed by atoms with Gasteiger partial charge < -0.3 is 9.80 Å². The van der Waals surface area contributed by atoms with Crippen molar-refractivity contribution in [2.75, 3.05) is 23.4 Å². The Hall–Kier alpha value is -4.56. The summed E-state index contributed by atoms with van der Waals surface area (Å²) in [6.07, 6.45) is 16.9. The van der Waals surface area contributed by atoms with Gasteiger partial charge in [0.1, 0.15) is 0 Å². The smallest absolute Gasteiger partial charge is 0.0429 e. The zero-order valence-corrected chi connectivity index (χ0v) is 24.2. The third-order valence-electron chi connectivity index (χ3n) is 7.58. The normalized spacial score (nSPS) is 14.9. The summed E-state index contributed by atoms with van der Waals surface area (Å²) in [5.74, 6) is 0.401. The summed E-state index contributed by atoms with van der Waals surface area (Å²) in [6, 6.07) is 39.0. The third kappa shape index (κ3) is 8.22. The minimum Gasteiger partial charge on any atom is -0.370 e. The first kappa shape index (κ1) is 28.0. The van der Waals surface area contributed by atoms with Crippen LogP contribution >= 0.6 is 0 Å². The van der Waals surface area contributed by atoms with Crippen molar-refractivity contribution in [1.29, 1.82) is 0 Å². The van der Waals surface area contributed by atoms with E-state index in [4.69, 9.17) is 0 Å². The van der Waals surface area contributed by atoms with Gasteiger partial charge in [-0.2, -0.15) is 0 Å². The van der Waals surface area contributed by atoms with Crippen LogP contribution in [0.4, 0.5) is 11.4 Å². The van der Waals surface area contributed by atoms with E-state index in [2.05, 4.69) is 175 Å². The largest absolute Gasteiger partial charge is 0.370 e. The first-order chi connectivity index (χ1) is 20.2. The molecule has 1 aliphatic rings. The van der Waals surface area contributed by atoms with Crippen molar-refractivity contribution in [3.8, 4) is 0 Å². The molecule has 1 unspecified atom stereocenters. The van der Waals surface area contributed by atoms with Gasteiger partial charge in [-0.05, 0) is 71.4 Å². The molecule has 2 heteroatoms. The maximum Gasteiger partial charge on any atom is 0.0429 e. The fourth-order valence-electron chi connectivity index (χ4n) is 5.18. The predicted octanol–water partition coefficient (Wildman–Crippen LogP) is 9.58. The van der Waals surface area contributed by atoms with Gasteiger partial charge in [0.15, 0.2) is 0 Å². The number of rotatable bonds is 11. The fourth-order valence-corrected chi connectivity index (χ4v) is 5.18. The maximum atomic E-state index is 2.41. The molecule has 0 fully saturated rings. The van der Waals surface area contributed by atoms with Crippen LogP contribution in [0.15, 0.2) is 145 Å². The highest BCUT2D eigenvalue weighted by atomic mass is 15.1. The van der Waals surface area contributed by atoms with Crippen molar-refractivity contribution in [3.05, 3.63) is 167 Å². The fraction of sp³-hybridized carbons (Fsp3) is 0.179. The van der Waals surface area contributed by atoms with E-state index in [9.17, 15) is 0 Å². The Morgan fingerprint density at radius 3 is 1.88 bits per heavy atom. The number of hydrogen-bond acceptors (Lipinski definition) is 2. The lowest BCUT2D eigenvalue weighted by atomic mass is 9.94. The van der Waals surface area contributed by atoms with Gasteiger partial charge in [-0.1, -0.05) is 127 Å².